The van der Waals surface area contributed by atoms with Crippen molar-refractivity contribution in [2.75, 3.05) is 18.0 Å². The summed E-state index contributed by atoms with van der Waals surface area (Å²) in [5, 5.41) is 0. The van der Waals surface area contributed by atoms with Gasteiger partial charge in [0.25, 0.3) is 0 Å². The summed E-state index contributed by atoms with van der Waals surface area (Å²) in [5.41, 5.74) is 9.21. The second-order valence-electron chi connectivity index (χ2n) is 8.36. The first kappa shape index (κ1) is 18.6. The zero-order chi connectivity index (χ0) is 18.9. The Balaban J connectivity index is 1.96. The topological polar surface area (TPSA) is 64.3 Å². The molecule has 0 spiro atoms. The van der Waals surface area contributed by atoms with Crippen LogP contribution < -0.4 is 15.4 Å². The minimum absolute atomic E-state index is 0.0161. The molecule has 2 N–H and O–H groups in total. The minimum atomic E-state index is -0.0161. The van der Waals surface area contributed by atoms with Crippen LogP contribution in [0.3, 0.4) is 0 Å². The second kappa shape index (κ2) is 7.23. The molecule has 0 radical (unpaired) electrons. The zero-order valence-electron chi connectivity index (χ0n) is 16.5. The van der Waals surface area contributed by atoms with E-state index in [9.17, 15) is 0 Å². The van der Waals surface area contributed by atoms with E-state index in [1.807, 2.05) is 12.3 Å². The first-order chi connectivity index (χ1) is 12.2. The molecule has 0 bridgehead atoms. The molecule has 2 heterocycles. The van der Waals surface area contributed by atoms with E-state index in [1.165, 1.54) is 5.56 Å². The molecule has 1 atom stereocenters. The quantitative estimate of drug-likeness (QED) is 0.905. The summed E-state index contributed by atoms with van der Waals surface area (Å²) >= 11 is 0. The van der Waals surface area contributed by atoms with Crippen molar-refractivity contribution in [1.29, 1.82) is 0 Å². The summed E-state index contributed by atoms with van der Waals surface area (Å²) < 4.78 is 6.02. The van der Waals surface area contributed by atoms with E-state index in [1.54, 1.807) is 0 Å². The van der Waals surface area contributed by atoms with Gasteiger partial charge < -0.3 is 15.4 Å². The van der Waals surface area contributed by atoms with Gasteiger partial charge in [-0.1, -0.05) is 20.8 Å². The summed E-state index contributed by atoms with van der Waals surface area (Å²) in [4.78, 5) is 11.4. The lowest BCUT2D eigenvalue weighted by Gasteiger charge is -2.25. The number of nitrogens with zero attached hydrogens (tertiary/aromatic N) is 3. The van der Waals surface area contributed by atoms with Crippen LogP contribution in [0.5, 0.6) is 5.75 Å². The van der Waals surface area contributed by atoms with Gasteiger partial charge in [0.2, 0.25) is 5.95 Å². The van der Waals surface area contributed by atoms with Crippen molar-refractivity contribution in [1.82, 2.24) is 9.97 Å². The van der Waals surface area contributed by atoms with Gasteiger partial charge in [0.05, 0.1) is 11.8 Å². The highest BCUT2D eigenvalue weighted by Gasteiger charge is 2.23. The van der Waals surface area contributed by atoms with E-state index in [2.05, 4.69) is 62.7 Å². The Hall–Kier alpha value is -2.14. The van der Waals surface area contributed by atoms with Crippen molar-refractivity contribution in [3.8, 4) is 17.0 Å². The summed E-state index contributed by atoms with van der Waals surface area (Å²) in [6.07, 6.45) is 2.96. The van der Waals surface area contributed by atoms with Crippen LogP contribution in [0.2, 0.25) is 0 Å². The first-order valence-electron chi connectivity index (χ1n) is 9.39. The molecule has 5 heteroatoms. The van der Waals surface area contributed by atoms with E-state index < -0.39 is 0 Å². The van der Waals surface area contributed by atoms with Gasteiger partial charge in [-0.05, 0) is 49.9 Å². The third kappa shape index (κ3) is 4.15. The summed E-state index contributed by atoms with van der Waals surface area (Å²) in [5.74, 6) is 1.70. The van der Waals surface area contributed by atoms with Crippen LogP contribution in [0.15, 0.2) is 30.5 Å². The van der Waals surface area contributed by atoms with Crippen LogP contribution in [-0.4, -0.2) is 35.2 Å². The van der Waals surface area contributed by atoms with Gasteiger partial charge in [0.1, 0.15) is 5.75 Å². The highest BCUT2D eigenvalue weighted by atomic mass is 16.5. The third-order valence-electron chi connectivity index (χ3n) is 4.60. The SMILES string of the molecule is CC(C)Oc1ccc(-c2ccnc(N3CCC(N)C3)n2)cc1C(C)(C)C. The predicted octanol–water partition coefficient (Wildman–Crippen LogP) is 3.77. The lowest BCUT2D eigenvalue weighted by Crippen LogP contribution is -2.27. The zero-order valence-corrected chi connectivity index (χ0v) is 16.5. The molecule has 1 unspecified atom stereocenters. The molecule has 140 valence electrons. The smallest absolute Gasteiger partial charge is 0.225 e. The molecule has 5 nitrogen and oxygen atoms in total. The summed E-state index contributed by atoms with van der Waals surface area (Å²) in [6, 6.07) is 8.50. The van der Waals surface area contributed by atoms with Gasteiger partial charge in [0.15, 0.2) is 0 Å². The number of nitrogens with two attached hydrogens (primary N) is 1. The molecule has 3 rings (SSSR count). The fourth-order valence-corrected chi connectivity index (χ4v) is 3.26. The molecule has 0 aliphatic carbocycles. The van der Waals surface area contributed by atoms with Crippen molar-refractivity contribution in [2.45, 2.75) is 58.6 Å². The number of rotatable bonds is 4. The maximum absolute atomic E-state index is 6.02. The number of hydrogen-bond donors (Lipinski definition) is 1. The molecular weight excluding hydrogens is 324 g/mol. The van der Waals surface area contributed by atoms with Crippen molar-refractivity contribution in [2.24, 2.45) is 5.73 Å². The van der Waals surface area contributed by atoms with Gasteiger partial charge in [-0.3, -0.25) is 0 Å². The molecular formula is C21H30N4O. The van der Waals surface area contributed by atoms with Crippen molar-refractivity contribution in [3.05, 3.63) is 36.0 Å². The van der Waals surface area contributed by atoms with E-state index in [0.29, 0.717) is 0 Å². The number of aromatic nitrogens is 2. The third-order valence-corrected chi connectivity index (χ3v) is 4.60. The lowest BCUT2D eigenvalue weighted by molar-refractivity contribution is 0.236. The van der Waals surface area contributed by atoms with Crippen molar-refractivity contribution >= 4 is 5.95 Å². The van der Waals surface area contributed by atoms with Crippen LogP contribution in [0.4, 0.5) is 5.95 Å². The second-order valence-corrected chi connectivity index (χ2v) is 8.36. The highest BCUT2D eigenvalue weighted by molar-refractivity contribution is 5.64. The van der Waals surface area contributed by atoms with E-state index >= 15 is 0 Å². The molecule has 1 aliphatic heterocycles. The number of ether oxygens (including phenoxy) is 1. The standard InChI is InChI=1S/C21H30N4O/c1-14(2)26-19-7-6-15(12-17(19)21(3,4)5)18-8-10-23-20(24-18)25-11-9-16(22)13-25/h6-8,10,12,14,16H,9,11,13,22H2,1-5H3. The highest BCUT2D eigenvalue weighted by Crippen LogP contribution is 2.35. The molecule has 2 aromatic rings. The maximum Gasteiger partial charge on any atom is 0.225 e. The van der Waals surface area contributed by atoms with E-state index in [4.69, 9.17) is 15.5 Å². The fraction of sp³-hybridized carbons (Fsp3) is 0.524. The number of hydrogen-bond acceptors (Lipinski definition) is 5. The Morgan fingerprint density at radius 1 is 1.23 bits per heavy atom. The van der Waals surface area contributed by atoms with Crippen LogP contribution in [0.25, 0.3) is 11.3 Å². The Labute approximate surface area is 156 Å². The maximum atomic E-state index is 6.02. The average Bonchev–Trinajstić information content (AvgIpc) is 3.00. The normalized spacial score (nSPS) is 17.8. The summed E-state index contributed by atoms with van der Waals surface area (Å²) in [6.45, 7) is 12.5. The molecule has 0 saturated carbocycles. The van der Waals surface area contributed by atoms with Gasteiger partial charge in [-0.15, -0.1) is 0 Å². The van der Waals surface area contributed by atoms with Crippen LogP contribution in [0, 0.1) is 0 Å². The average molecular weight is 354 g/mol. The van der Waals surface area contributed by atoms with Crippen molar-refractivity contribution in [3.63, 3.8) is 0 Å². The fourth-order valence-electron chi connectivity index (χ4n) is 3.26. The number of benzene rings is 1. The van der Waals surface area contributed by atoms with Gasteiger partial charge >= 0.3 is 0 Å². The monoisotopic (exact) mass is 354 g/mol. The van der Waals surface area contributed by atoms with Crippen molar-refractivity contribution < 1.29 is 4.74 Å². The molecule has 1 fully saturated rings. The van der Waals surface area contributed by atoms with Gasteiger partial charge in [-0.2, -0.15) is 0 Å². The lowest BCUT2D eigenvalue weighted by atomic mass is 9.85. The molecule has 1 aromatic carbocycles. The first-order valence-corrected chi connectivity index (χ1v) is 9.39. The summed E-state index contributed by atoms with van der Waals surface area (Å²) in [7, 11) is 0. The molecule has 1 aliphatic rings. The Morgan fingerprint density at radius 3 is 2.62 bits per heavy atom. The largest absolute Gasteiger partial charge is 0.491 e. The van der Waals surface area contributed by atoms with Gasteiger partial charge in [-0.25, -0.2) is 9.97 Å². The Bertz CT molecular complexity index is 767. The number of anilines is 1. The van der Waals surface area contributed by atoms with Crippen LogP contribution >= 0.6 is 0 Å². The molecule has 26 heavy (non-hydrogen) atoms. The Kier molecular flexibility index (Phi) is 5.19. The van der Waals surface area contributed by atoms with E-state index in [0.717, 1.165) is 42.5 Å². The molecule has 1 saturated heterocycles. The van der Waals surface area contributed by atoms with Crippen LogP contribution in [-0.2, 0) is 5.41 Å². The molecule has 1 aromatic heterocycles. The Morgan fingerprint density at radius 2 is 2.00 bits per heavy atom. The predicted molar refractivity (Wildman–Crippen MR) is 107 cm³/mol. The van der Waals surface area contributed by atoms with Gasteiger partial charge in [0, 0.05) is 36.5 Å². The van der Waals surface area contributed by atoms with Crippen LogP contribution in [0.1, 0.15) is 46.6 Å². The minimum Gasteiger partial charge on any atom is -0.491 e. The molecule has 0 amide bonds. The van der Waals surface area contributed by atoms with E-state index in [-0.39, 0.29) is 17.6 Å².